The van der Waals surface area contributed by atoms with Crippen LogP contribution in [0, 0.1) is 6.57 Å². The van der Waals surface area contributed by atoms with Gasteiger partial charge in [0, 0.05) is 5.56 Å². The van der Waals surface area contributed by atoms with Crippen molar-refractivity contribution in [2.45, 2.75) is 12.0 Å². The molecule has 0 aliphatic carbocycles. The van der Waals surface area contributed by atoms with E-state index in [1.54, 1.807) is 23.6 Å². The van der Waals surface area contributed by atoms with Crippen LogP contribution < -0.4 is 0 Å². The molecule has 4 nitrogen and oxygen atoms in total. The standard InChI is InChI=1S/C17H10Cl2N4S/c1-20-16-13(9-4-2-5-11(18)14(9)19)10-8-21-23-17(10)22-15(16)12-6-3-7-24-12/h2-8,13,16H,(H,21,23). The van der Waals surface area contributed by atoms with Gasteiger partial charge >= 0.3 is 0 Å². The molecule has 2 unspecified atom stereocenters. The molecule has 3 aromatic rings. The predicted molar refractivity (Wildman–Crippen MR) is 97.8 cm³/mol. The van der Waals surface area contributed by atoms with Gasteiger partial charge in [0.25, 0.3) is 6.04 Å². The van der Waals surface area contributed by atoms with Gasteiger partial charge in [-0.05, 0) is 23.1 Å². The Balaban J connectivity index is 1.95. The van der Waals surface area contributed by atoms with Crippen LogP contribution in [0.2, 0.25) is 10.0 Å². The molecule has 2 aromatic heterocycles. The first-order valence-corrected chi connectivity index (χ1v) is 8.80. The minimum absolute atomic E-state index is 0.267. The third kappa shape index (κ3) is 2.35. The molecule has 0 spiro atoms. The zero-order valence-corrected chi connectivity index (χ0v) is 14.5. The zero-order chi connectivity index (χ0) is 16.7. The van der Waals surface area contributed by atoms with Gasteiger partial charge in [-0.15, -0.1) is 11.3 Å². The Kier molecular flexibility index (Phi) is 3.89. The van der Waals surface area contributed by atoms with Crippen molar-refractivity contribution in [3.8, 4) is 0 Å². The summed E-state index contributed by atoms with van der Waals surface area (Å²) < 4.78 is 0. The summed E-state index contributed by atoms with van der Waals surface area (Å²) in [5.74, 6) is 0.399. The number of nitrogens with one attached hydrogen (secondary N) is 1. The fraction of sp³-hybridized carbons (Fsp3) is 0.118. The van der Waals surface area contributed by atoms with E-state index in [1.807, 2.05) is 29.6 Å². The van der Waals surface area contributed by atoms with Crippen LogP contribution in [-0.4, -0.2) is 22.0 Å². The van der Waals surface area contributed by atoms with E-state index in [0.29, 0.717) is 15.9 Å². The fourth-order valence-electron chi connectivity index (χ4n) is 2.98. The maximum atomic E-state index is 7.77. The first-order valence-electron chi connectivity index (χ1n) is 7.17. The molecular formula is C17H10Cl2N4S. The molecule has 1 aliphatic rings. The van der Waals surface area contributed by atoms with Crippen molar-refractivity contribution in [1.82, 2.24) is 10.2 Å². The average molecular weight is 373 g/mol. The molecule has 1 aliphatic heterocycles. The number of hydrogen-bond donors (Lipinski definition) is 1. The van der Waals surface area contributed by atoms with Crippen LogP contribution in [0.4, 0.5) is 5.82 Å². The molecule has 3 heterocycles. The molecule has 0 saturated heterocycles. The minimum Gasteiger partial charge on any atom is -0.306 e. The van der Waals surface area contributed by atoms with E-state index in [2.05, 4.69) is 20.0 Å². The van der Waals surface area contributed by atoms with Crippen LogP contribution in [0.5, 0.6) is 0 Å². The Labute approximate surface area is 152 Å². The molecule has 0 amide bonds. The highest BCUT2D eigenvalue weighted by atomic mass is 35.5. The summed E-state index contributed by atoms with van der Waals surface area (Å²) in [6.45, 7) is 7.77. The van der Waals surface area contributed by atoms with E-state index >= 15 is 0 Å². The monoisotopic (exact) mass is 372 g/mol. The maximum Gasteiger partial charge on any atom is 0.277 e. The van der Waals surface area contributed by atoms with Gasteiger partial charge in [-0.3, -0.25) is 5.10 Å². The second kappa shape index (κ2) is 6.06. The normalized spacial score (nSPS) is 19.5. The third-order valence-corrected chi connectivity index (χ3v) is 5.77. The van der Waals surface area contributed by atoms with E-state index in [0.717, 1.165) is 21.7 Å². The lowest BCUT2D eigenvalue weighted by Crippen LogP contribution is -2.29. The minimum atomic E-state index is -0.482. The largest absolute Gasteiger partial charge is 0.306 e. The quantitative estimate of drug-likeness (QED) is 0.606. The smallest absolute Gasteiger partial charge is 0.277 e. The summed E-state index contributed by atoms with van der Waals surface area (Å²) in [6, 6.07) is 8.94. The van der Waals surface area contributed by atoms with Crippen molar-refractivity contribution in [2.24, 2.45) is 4.99 Å². The zero-order valence-electron chi connectivity index (χ0n) is 12.2. The Hall–Kier alpha value is -2.13. The summed E-state index contributed by atoms with van der Waals surface area (Å²) in [6.07, 6.45) is 1.71. The lowest BCUT2D eigenvalue weighted by atomic mass is 9.82. The topological polar surface area (TPSA) is 45.4 Å². The van der Waals surface area contributed by atoms with Crippen molar-refractivity contribution < 1.29 is 0 Å². The third-order valence-electron chi connectivity index (χ3n) is 4.04. The second-order valence-corrected chi connectivity index (χ2v) is 7.08. The van der Waals surface area contributed by atoms with Crippen LogP contribution >= 0.6 is 34.5 Å². The van der Waals surface area contributed by atoms with Gasteiger partial charge < -0.3 is 4.85 Å². The van der Waals surface area contributed by atoms with Crippen LogP contribution in [-0.2, 0) is 0 Å². The molecule has 7 heteroatoms. The molecular weight excluding hydrogens is 363 g/mol. The van der Waals surface area contributed by atoms with Crippen LogP contribution in [0.1, 0.15) is 21.9 Å². The molecule has 1 aromatic carbocycles. The maximum absolute atomic E-state index is 7.77. The lowest BCUT2D eigenvalue weighted by molar-refractivity contribution is 0.795. The van der Waals surface area contributed by atoms with E-state index in [1.165, 1.54) is 0 Å². The Morgan fingerprint density at radius 1 is 1.17 bits per heavy atom. The van der Waals surface area contributed by atoms with E-state index in [-0.39, 0.29) is 5.92 Å². The average Bonchev–Trinajstić information content (AvgIpc) is 3.26. The van der Waals surface area contributed by atoms with Gasteiger partial charge in [-0.2, -0.15) is 5.10 Å². The number of aliphatic imine (C=N–C) groups is 1. The number of aromatic nitrogens is 2. The molecule has 0 radical (unpaired) electrons. The van der Waals surface area contributed by atoms with Crippen molar-refractivity contribution in [2.75, 3.05) is 0 Å². The van der Waals surface area contributed by atoms with E-state index in [9.17, 15) is 0 Å². The van der Waals surface area contributed by atoms with Gasteiger partial charge in [0.2, 0.25) is 0 Å². The summed E-state index contributed by atoms with van der Waals surface area (Å²) in [5.41, 5.74) is 2.41. The number of halogens is 2. The number of benzene rings is 1. The van der Waals surface area contributed by atoms with Crippen molar-refractivity contribution in [3.05, 3.63) is 79.4 Å². The summed E-state index contributed by atoms with van der Waals surface area (Å²) in [4.78, 5) is 9.49. The van der Waals surface area contributed by atoms with Gasteiger partial charge in [0.15, 0.2) is 5.82 Å². The van der Waals surface area contributed by atoms with Crippen LogP contribution in [0.15, 0.2) is 46.9 Å². The SMILES string of the molecule is [C-]#[N+]C1C(c2cccs2)=Nc2[nH]ncc2C1c1cccc(Cl)c1Cl. The van der Waals surface area contributed by atoms with Gasteiger partial charge in [0.1, 0.15) is 5.71 Å². The lowest BCUT2D eigenvalue weighted by Gasteiger charge is -2.24. The van der Waals surface area contributed by atoms with E-state index in [4.69, 9.17) is 29.8 Å². The number of rotatable bonds is 2. The first-order chi connectivity index (χ1) is 11.7. The predicted octanol–water partition coefficient (Wildman–Crippen LogP) is 5.33. The number of H-pyrrole nitrogens is 1. The van der Waals surface area contributed by atoms with Gasteiger partial charge in [0.05, 0.1) is 27.0 Å². The fourth-order valence-corrected chi connectivity index (χ4v) is 4.15. The Morgan fingerprint density at radius 2 is 2.04 bits per heavy atom. The van der Waals surface area contributed by atoms with Crippen molar-refractivity contribution >= 4 is 46.1 Å². The number of thiophene rings is 1. The molecule has 24 heavy (non-hydrogen) atoms. The molecule has 118 valence electrons. The first kappa shape index (κ1) is 15.4. The number of nitrogens with zero attached hydrogens (tertiary/aromatic N) is 3. The molecule has 4 rings (SSSR count). The molecule has 2 atom stereocenters. The van der Waals surface area contributed by atoms with Gasteiger partial charge in [-0.1, -0.05) is 41.4 Å². The molecule has 1 N–H and O–H groups in total. The molecule has 0 fully saturated rings. The summed E-state index contributed by atoms with van der Waals surface area (Å²) in [7, 11) is 0. The summed E-state index contributed by atoms with van der Waals surface area (Å²) >= 11 is 14.2. The van der Waals surface area contributed by atoms with E-state index < -0.39 is 6.04 Å². The number of hydrogen-bond acceptors (Lipinski definition) is 3. The van der Waals surface area contributed by atoms with Crippen LogP contribution in [0.25, 0.3) is 4.85 Å². The molecule has 0 bridgehead atoms. The number of aromatic amines is 1. The highest BCUT2D eigenvalue weighted by Crippen LogP contribution is 2.44. The van der Waals surface area contributed by atoms with Crippen molar-refractivity contribution in [3.63, 3.8) is 0 Å². The van der Waals surface area contributed by atoms with Gasteiger partial charge in [-0.25, -0.2) is 11.6 Å². The molecule has 0 saturated carbocycles. The Morgan fingerprint density at radius 3 is 2.79 bits per heavy atom. The van der Waals surface area contributed by atoms with Crippen LogP contribution in [0.3, 0.4) is 0 Å². The summed E-state index contributed by atoms with van der Waals surface area (Å²) in [5, 5.41) is 9.94. The Bertz CT molecular complexity index is 969. The highest BCUT2D eigenvalue weighted by molar-refractivity contribution is 7.12. The number of fused-ring (bicyclic) bond motifs is 1. The second-order valence-electron chi connectivity index (χ2n) is 5.34. The van der Waals surface area contributed by atoms with Crippen molar-refractivity contribution in [1.29, 1.82) is 0 Å². The highest BCUT2D eigenvalue weighted by Gasteiger charge is 2.42.